The number of anilines is 2. The number of hydrogen-bond donors (Lipinski definition) is 3. The topological polar surface area (TPSA) is 83.8 Å². The van der Waals surface area contributed by atoms with Gasteiger partial charge in [0, 0.05) is 11.6 Å². The minimum atomic E-state index is -0.251. The number of hydrogen-bond acceptors (Lipinski definition) is 3. The van der Waals surface area contributed by atoms with Crippen LogP contribution in [0.15, 0.2) is 24.3 Å². The van der Waals surface area contributed by atoms with Crippen LogP contribution in [0.4, 0.5) is 11.4 Å². The lowest BCUT2D eigenvalue weighted by Gasteiger charge is -2.09. The molecule has 0 saturated heterocycles. The smallest absolute Gasteiger partial charge is 0.278 e. The average Bonchev–Trinajstić information content (AvgIpc) is 3.24. The van der Waals surface area contributed by atoms with Crippen molar-refractivity contribution in [2.24, 2.45) is 0 Å². The van der Waals surface area contributed by atoms with Crippen molar-refractivity contribution in [3.05, 3.63) is 41.2 Å². The van der Waals surface area contributed by atoms with Gasteiger partial charge in [-0.3, -0.25) is 9.89 Å². The number of H-pyrrole nitrogens is 1. The molecular formula is C16H20N4O. The fourth-order valence-electron chi connectivity index (χ4n) is 2.53. The van der Waals surface area contributed by atoms with E-state index in [1.165, 1.54) is 0 Å². The third kappa shape index (κ3) is 2.77. The molecule has 0 atom stereocenters. The van der Waals surface area contributed by atoms with Crippen molar-refractivity contribution in [2.45, 2.75) is 38.5 Å². The third-order valence-corrected chi connectivity index (χ3v) is 3.82. The standard InChI is InChI=1S/C16H20N4O/c1-2-5-10-6-3-4-7-12(10)18-16(21)15-13(17)14(19-20-15)11-8-9-11/h3-4,6-7,11H,2,5,8-9,17H2,1H3,(H,18,21)(H,19,20). The molecule has 21 heavy (non-hydrogen) atoms. The number of nitrogens with zero attached hydrogens (tertiary/aromatic N) is 1. The van der Waals surface area contributed by atoms with Gasteiger partial charge in [0.25, 0.3) is 5.91 Å². The Balaban J connectivity index is 1.80. The summed E-state index contributed by atoms with van der Waals surface area (Å²) in [5.74, 6) is 0.200. The molecule has 2 aromatic rings. The van der Waals surface area contributed by atoms with Gasteiger partial charge in [0.15, 0.2) is 5.69 Å². The number of nitrogens with two attached hydrogens (primary N) is 1. The van der Waals surface area contributed by atoms with Gasteiger partial charge in [-0.15, -0.1) is 0 Å². The normalized spacial score (nSPS) is 14.1. The molecule has 1 saturated carbocycles. The van der Waals surface area contributed by atoms with Gasteiger partial charge in [-0.25, -0.2) is 0 Å². The molecule has 0 spiro atoms. The van der Waals surface area contributed by atoms with Crippen molar-refractivity contribution >= 4 is 17.3 Å². The molecule has 0 unspecified atom stereocenters. The minimum absolute atomic E-state index is 0.251. The average molecular weight is 284 g/mol. The lowest BCUT2D eigenvalue weighted by molar-refractivity contribution is 0.102. The van der Waals surface area contributed by atoms with Crippen LogP contribution in [-0.2, 0) is 6.42 Å². The highest BCUT2D eigenvalue weighted by Crippen LogP contribution is 2.42. The van der Waals surface area contributed by atoms with Crippen molar-refractivity contribution in [2.75, 3.05) is 11.1 Å². The highest BCUT2D eigenvalue weighted by atomic mass is 16.2. The summed E-state index contributed by atoms with van der Waals surface area (Å²) in [6.45, 7) is 2.12. The molecule has 5 nitrogen and oxygen atoms in total. The zero-order valence-electron chi connectivity index (χ0n) is 12.1. The predicted octanol–water partition coefficient (Wildman–Crippen LogP) is 3.07. The van der Waals surface area contributed by atoms with E-state index >= 15 is 0 Å². The summed E-state index contributed by atoms with van der Waals surface area (Å²) in [6, 6.07) is 7.84. The Morgan fingerprint density at radius 1 is 1.43 bits per heavy atom. The van der Waals surface area contributed by atoms with E-state index in [-0.39, 0.29) is 5.91 Å². The van der Waals surface area contributed by atoms with Crippen LogP contribution in [0.5, 0.6) is 0 Å². The Bertz CT molecular complexity index is 658. The van der Waals surface area contributed by atoms with Crippen molar-refractivity contribution in [1.29, 1.82) is 0 Å². The molecule has 0 radical (unpaired) electrons. The number of aromatic nitrogens is 2. The van der Waals surface area contributed by atoms with Gasteiger partial charge in [-0.1, -0.05) is 31.5 Å². The van der Waals surface area contributed by atoms with Crippen LogP contribution < -0.4 is 11.1 Å². The number of nitrogens with one attached hydrogen (secondary N) is 2. The summed E-state index contributed by atoms with van der Waals surface area (Å²) in [7, 11) is 0. The first kappa shape index (κ1) is 13.7. The van der Waals surface area contributed by atoms with Crippen molar-refractivity contribution < 1.29 is 4.79 Å². The number of amides is 1. The summed E-state index contributed by atoms with van der Waals surface area (Å²) >= 11 is 0. The third-order valence-electron chi connectivity index (χ3n) is 3.82. The number of nitrogen functional groups attached to an aromatic ring is 1. The van der Waals surface area contributed by atoms with Crippen LogP contribution in [0.25, 0.3) is 0 Å². The van der Waals surface area contributed by atoms with Crippen LogP contribution in [0.2, 0.25) is 0 Å². The first-order valence-corrected chi connectivity index (χ1v) is 7.43. The Hall–Kier alpha value is -2.30. The fourth-order valence-corrected chi connectivity index (χ4v) is 2.53. The van der Waals surface area contributed by atoms with Gasteiger partial charge in [0.2, 0.25) is 0 Å². The Kier molecular flexibility index (Phi) is 3.64. The molecule has 1 aliphatic carbocycles. The van der Waals surface area contributed by atoms with E-state index in [2.05, 4.69) is 22.4 Å². The molecule has 1 aromatic heterocycles. The van der Waals surface area contributed by atoms with Crippen LogP contribution in [-0.4, -0.2) is 16.1 Å². The number of carbonyl (C=O) groups excluding carboxylic acids is 1. The summed E-state index contributed by atoms with van der Waals surface area (Å²) in [6.07, 6.45) is 4.20. The maximum Gasteiger partial charge on any atom is 0.278 e. The molecule has 0 aliphatic heterocycles. The van der Waals surface area contributed by atoms with Gasteiger partial charge < -0.3 is 11.1 Å². The molecule has 5 heteroatoms. The van der Waals surface area contributed by atoms with Crippen LogP contribution in [0, 0.1) is 0 Å². The number of aryl methyl sites for hydroxylation is 1. The minimum Gasteiger partial charge on any atom is -0.395 e. The van der Waals surface area contributed by atoms with Crippen molar-refractivity contribution in [3.63, 3.8) is 0 Å². The summed E-state index contributed by atoms with van der Waals surface area (Å²) in [5.41, 5.74) is 9.69. The van der Waals surface area contributed by atoms with Crippen LogP contribution >= 0.6 is 0 Å². The number of carbonyl (C=O) groups is 1. The molecule has 110 valence electrons. The predicted molar refractivity (Wildman–Crippen MR) is 83.4 cm³/mol. The van der Waals surface area contributed by atoms with Gasteiger partial charge in [-0.2, -0.15) is 5.10 Å². The molecule has 4 N–H and O–H groups in total. The molecular weight excluding hydrogens is 264 g/mol. The fraction of sp³-hybridized carbons (Fsp3) is 0.375. The number of para-hydroxylation sites is 1. The zero-order valence-corrected chi connectivity index (χ0v) is 12.1. The SMILES string of the molecule is CCCc1ccccc1NC(=O)c1n[nH]c(C2CC2)c1N. The second-order valence-corrected chi connectivity index (χ2v) is 5.54. The first-order valence-electron chi connectivity index (χ1n) is 7.43. The summed E-state index contributed by atoms with van der Waals surface area (Å²) in [5, 5.41) is 9.92. The summed E-state index contributed by atoms with van der Waals surface area (Å²) in [4.78, 5) is 12.4. The molecule has 1 aliphatic rings. The van der Waals surface area contributed by atoms with Crippen molar-refractivity contribution in [1.82, 2.24) is 10.2 Å². The van der Waals surface area contributed by atoms with E-state index in [4.69, 9.17) is 5.73 Å². The van der Waals surface area contributed by atoms with Crippen molar-refractivity contribution in [3.8, 4) is 0 Å². The lowest BCUT2D eigenvalue weighted by Crippen LogP contribution is -2.15. The number of rotatable bonds is 5. The number of benzene rings is 1. The Labute approximate surface area is 123 Å². The molecule has 3 rings (SSSR count). The molecule has 1 heterocycles. The first-order chi connectivity index (χ1) is 10.2. The maximum absolute atomic E-state index is 12.4. The van der Waals surface area contributed by atoms with Gasteiger partial charge in [-0.05, 0) is 30.9 Å². The Morgan fingerprint density at radius 3 is 2.90 bits per heavy atom. The second kappa shape index (κ2) is 5.60. The monoisotopic (exact) mass is 284 g/mol. The molecule has 1 amide bonds. The Morgan fingerprint density at radius 2 is 2.19 bits per heavy atom. The van der Waals surface area contributed by atoms with E-state index < -0.39 is 0 Å². The van der Waals surface area contributed by atoms with E-state index in [0.29, 0.717) is 17.3 Å². The number of aromatic amines is 1. The van der Waals surface area contributed by atoms with Crippen LogP contribution in [0.1, 0.15) is 53.8 Å². The highest BCUT2D eigenvalue weighted by molar-refractivity contribution is 6.06. The second-order valence-electron chi connectivity index (χ2n) is 5.54. The van der Waals surface area contributed by atoms with Gasteiger partial charge in [0.05, 0.1) is 11.4 Å². The quantitative estimate of drug-likeness (QED) is 0.789. The lowest BCUT2D eigenvalue weighted by atomic mass is 10.1. The van der Waals surface area contributed by atoms with Crippen LogP contribution in [0.3, 0.4) is 0 Å². The van der Waals surface area contributed by atoms with Gasteiger partial charge >= 0.3 is 0 Å². The van der Waals surface area contributed by atoms with E-state index in [9.17, 15) is 4.79 Å². The van der Waals surface area contributed by atoms with E-state index in [1.54, 1.807) is 0 Å². The summed E-state index contributed by atoms with van der Waals surface area (Å²) < 4.78 is 0. The molecule has 0 bridgehead atoms. The van der Waals surface area contributed by atoms with E-state index in [1.807, 2.05) is 24.3 Å². The highest BCUT2D eigenvalue weighted by Gasteiger charge is 2.30. The largest absolute Gasteiger partial charge is 0.395 e. The van der Waals surface area contributed by atoms with Gasteiger partial charge in [0.1, 0.15) is 0 Å². The molecule has 1 fully saturated rings. The van der Waals surface area contributed by atoms with E-state index in [0.717, 1.165) is 42.6 Å². The maximum atomic E-state index is 12.4. The zero-order chi connectivity index (χ0) is 14.8. The molecule has 1 aromatic carbocycles.